The van der Waals surface area contributed by atoms with E-state index in [9.17, 15) is 8.78 Å². The molecule has 0 aliphatic heterocycles. The van der Waals surface area contributed by atoms with Crippen LogP contribution in [0, 0.1) is 17.6 Å². The molecule has 1 aromatic rings. The fourth-order valence-corrected chi connectivity index (χ4v) is 2.83. The van der Waals surface area contributed by atoms with E-state index in [0.29, 0.717) is 17.5 Å². The van der Waals surface area contributed by atoms with E-state index in [2.05, 4.69) is 12.2 Å². The zero-order valence-electron chi connectivity index (χ0n) is 11.0. The molecule has 0 spiro atoms. The maximum absolute atomic E-state index is 13.7. The normalized spacial score (nSPS) is 26.0. The van der Waals surface area contributed by atoms with Gasteiger partial charge in [0.15, 0.2) is 11.6 Å². The molecule has 1 aromatic carbocycles. The summed E-state index contributed by atoms with van der Waals surface area (Å²) >= 11 is 0. The van der Waals surface area contributed by atoms with Crippen molar-refractivity contribution in [1.29, 1.82) is 0 Å². The lowest BCUT2D eigenvalue weighted by molar-refractivity contribution is 0.261. The van der Waals surface area contributed by atoms with Crippen molar-refractivity contribution in [3.8, 4) is 0 Å². The number of halogens is 2. The molecule has 0 heterocycles. The van der Waals surface area contributed by atoms with Gasteiger partial charge in [0.25, 0.3) is 0 Å². The lowest BCUT2D eigenvalue weighted by Crippen LogP contribution is -2.39. The lowest BCUT2D eigenvalue weighted by Gasteiger charge is -2.32. The van der Waals surface area contributed by atoms with Gasteiger partial charge in [0.05, 0.1) is 0 Å². The Kier molecular flexibility index (Phi) is 4.33. The Hall–Kier alpha value is -0.960. The Balaban J connectivity index is 2.07. The monoisotopic (exact) mass is 253 g/mol. The molecule has 3 heteroatoms. The van der Waals surface area contributed by atoms with Crippen molar-refractivity contribution in [1.82, 2.24) is 5.32 Å². The van der Waals surface area contributed by atoms with Crippen LogP contribution in [0.1, 0.15) is 51.1 Å². The molecular weight excluding hydrogens is 232 g/mol. The van der Waals surface area contributed by atoms with E-state index in [1.54, 1.807) is 12.1 Å². The molecule has 1 aliphatic carbocycles. The van der Waals surface area contributed by atoms with Crippen LogP contribution < -0.4 is 5.32 Å². The highest BCUT2D eigenvalue weighted by Crippen LogP contribution is 2.27. The Morgan fingerprint density at radius 1 is 1.22 bits per heavy atom. The van der Waals surface area contributed by atoms with Crippen molar-refractivity contribution in [2.45, 2.75) is 51.6 Å². The molecule has 100 valence electrons. The average Bonchev–Trinajstić information content (AvgIpc) is 2.35. The van der Waals surface area contributed by atoms with Gasteiger partial charge in [-0.2, -0.15) is 0 Å². The van der Waals surface area contributed by atoms with Gasteiger partial charge in [-0.15, -0.1) is 0 Å². The Morgan fingerprint density at radius 2 is 1.94 bits per heavy atom. The van der Waals surface area contributed by atoms with Crippen molar-refractivity contribution in [2.24, 2.45) is 5.92 Å². The number of hydrogen-bond donors (Lipinski definition) is 1. The third kappa shape index (κ3) is 2.89. The number of benzene rings is 1. The first-order valence-electron chi connectivity index (χ1n) is 6.79. The maximum atomic E-state index is 13.7. The van der Waals surface area contributed by atoms with Gasteiger partial charge in [0.2, 0.25) is 0 Å². The first-order chi connectivity index (χ1) is 8.59. The van der Waals surface area contributed by atoms with Crippen molar-refractivity contribution in [2.75, 3.05) is 0 Å². The summed E-state index contributed by atoms with van der Waals surface area (Å²) in [7, 11) is 0. The fourth-order valence-electron chi connectivity index (χ4n) is 2.83. The van der Waals surface area contributed by atoms with Gasteiger partial charge in [-0.25, -0.2) is 8.78 Å². The predicted octanol–water partition coefficient (Wildman–Crippen LogP) is 4.19. The van der Waals surface area contributed by atoms with Crippen molar-refractivity contribution in [3.05, 3.63) is 35.4 Å². The fraction of sp³-hybridized carbons (Fsp3) is 0.600. The zero-order chi connectivity index (χ0) is 13.1. The average molecular weight is 253 g/mol. The van der Waals surface area contributed by atoms with Gasteiger partial charge in [0, 0.05) is 17.6 Å². The van der Waals surface area contributed by atoms with E-state index in [0.717, 1.165) is 12.5 Å². The van der Waals surface area contributed by atoms with Crippen LogP contribution in [-0.2, 0) is 0 Å². The SMILES string of the molecule is CC(NC1CCCCC1C)c1cccc(F)c1F. The number of nitrogens with one attached hydrogen (secondary N) is 1. The predicted molar refractivity (Wildman–Crippen MR) is 69.3 cm³/mol. The van der Waals surface area contributed by atoms with Crippen LogP contribution in [-0.4, -0.2) is 6.04 Å². The topological polar surface area (TPSA) is 12.0 Å². The Labute approximate surface area is 108 Å². The molecule has 3 unspecified atom stereocenters. The standard InChI is InChI=1S/C15H21F2N/c1-10-6-3-4-9-14(10)18-11(2)12-7-5-8-13(16)15(12)17/h5,7-8,10-11,14,18H,3-4,6,9H2,1-2H3. The summed E-state index contributed by atoms with van der Waals surface area (Å²) in [5, 5.41) is 3.45. The second-order valence-corrected chi connectivity index (χ2v) is 5.40. The summed E-state index contributed by atoms with van der Waals surface area (Å²) in [6.45, 7) is 4.13. The number of rotatable bonds is 3. The van der Waals surface area contributed by atoms with Crippen LogP contribution in [0.2, 0.25) is 0 Å². The van der Waals surface area contributed by atoms with Crippen molar-refractivity contribution in [3.63, 3.8) is 0 Å². The molecule has 1 fully saturated rings. The van der Waals surface area contributed by atoms with E-state index in [1.807, 2.05) is 6.92 Å². The van der Waals surface area contributed by atoms with E-state index in [1.165, 1.54) is 19.3 Å². The quantitative estimate of drug-likeness (QED) is 0.851. The number of hydrogen-bond acceptors (Lipinski definition) is 1. The zero-order valence-corrected chi connectivity index (χ0v) is 11.0. The summed E-state index contributed by atoms with van der Waals surface area (Å²) < 4.78 is 26.9. The van der Waals surface area contributed by atoms with Crippen LogP contribution in [0.3, 0.4) is 0 Å². The van der Waals surface area contributed by atoms with Gasteiger partial charge in [0.1, 0.15) is 0 Å². The molecule has 0 bridgehead atoms. The van der Waals surface area contributed by atoms with Crippen molar-refractivity contribution >= 4 is 0 Å². The van der Waals surface area contributed by atoms with Gasteiger partial charge >= 0.3 is 0 Å². The lowest BCUT2D eigenvalue weighted by atomic mass is 9.85. The van der Waals surface area contributed by atoms with Crippen LogP contribution in [0.5, 0.6) is 0 Å². The highest BCUT2D eigenvalue weighted by Gasteiger charge is 2.24. The molecule has 2 rings (SSSR count). The van der Waals surface area contributed by atoms with E-state index < -0.39 is 11.6 Å². The minimum absolute atomic E-state index is 0.147. The molecule has 1 N–H and O–H groups in total. The molecule has 0 aromatic heterocycles. The highest BCUT2D eigenvalue weighted by atomic mass is 19.2. The summed E-state index contributed by atoms with van der Waals surface area (Å²) in [5.41, 5.74) is 0.424. The second kappa shape index (κ2) is 5.79. The summed E-state index contributed by atoms with van der Waals surface area (Å²) in [4.78, 5) is 0. The van der Waals surface area contributed by atoms with Crippen LogP contribution in [0.25, 0.3) is 0 Å². The highest BCUT2D eigenvalue weighted by molar-refractivity contribution is 5.22. The summed E-state index contributed by atoms with van der Waals surface area (Å²) in [6.07, 6.45) is 4.85. The first kappa shape index (κ1) is 13.5. The van der Waals surface area contributed by atoms with Crippen molar-refractivity contribution < 1.29 is 8.78 Å². The summed E-state index contributed by atoms with van der Waals surface area (Å²) in [5.74, 6) is -0.878. The third-order valence-electron chi connectivity index (χ3n) is 4.02. The van der Waals surface area contributed by atoms with Crippen LogP contribution >= 0.6 is 0 Å². The summed E-state index contributed by atoms with van der Waals surface area (Å²) in [6, 6.07) is 4.65. The van der Waals surface area contributed by atoms with Gasteiger partial charge < -0.3 is 5.32 Å². The van der Waals surface area contributed by atoms with Crippen LogP contribution in [0.4, 0.5) is 8.78 Å². The van der Waals surface area contributed by atoms with Gasteiger partial charge in [-0.05, 0) is 31.7 Å². The largest absolute Gasteiger partial charge is 0.307 e. The Morgan fingerprint density at radius 3 is 2.67 bits per heavy atom. The molecule has 0 amide bonds. The Bertz CT molecular complexity index is 405. The van der Waals surface area contributed by atoms with E-state index in [-0.39, 0.29) is 6.04 Å². The molecule has 3 atom stereocenters. The smallest absolute Gasteiger partial charge is 0.163 e. The molecule has 1 aliphatic rings. The van der Waals surface area contributed by atoms with E-state index in [4.69, 9.17) is 0 Å². The first-order valence-corrected chi connectivity index (χ1v) is 6.79. The van der Waals surface area contributed by atoms with E-state index >= 15 is 0 Å². The second-order valence-electron chi connectivity index (χ2n) is 5.40. The molecule has 18 heavy (non-hydrogen) atoms. The third-order valence-corrected chi connectivity index (χ3v) is 4.02. The molecule has 1 saturated carbocycles. The van der Waals surface area contributed by atoms with Gasteiger partial charge in [-0.3, -0.25) is 0 Å². The van der Waals surface area contributed by atoms with Crippen LogP contribution in [0.15, 0.2) is 18.2 Å². The maximum Gasteiger partial charge on any atom is 0.163 e. The van der Waals surface area contributed by atoms with Gasteiger partial charge in [-0.1, -0.05) is 31.9 Å². The molecule has 0 radical (unpaired) electrons. The minimum Gasteiger partial charge on any atom is -0.307 e. The minimum atomic E-state index is -0.766. The molecular formula is C15H21F2N. The molecule has 1 nitrogen and oxygen atoms in total. The molecule has 0 saturated heterocycles.